The van der Waals surface area contributed by atoms with Gasteiger partial charge < -0.3 is 14.6 Å². The molecule has 0 bridgehead atoms. The van der Waals surface area contributed by atoms with Crippen LogP contribution in [0.4, 0.5) is 20.7 Å². The van der Waals surface area contributed by atoms with E-state index in [2.05, 4.69) is 15.7 Å². The van der Waals surface area contributed by atoms with E-state index < -0.39 is 11.8 Å². The number of rotatable bonds is 4. The van der Waals surface area contributed by atoms with Gasteiger partial charge in [-0.25, -0.2) is 13.9 Å². The summed E-state index contributed by atoms with van der Waals surface area (Å²) in [4.78, 5) is 27.0. The van der Waals surface area contributed by atoms with E-state index in [-0.39, 0.29) is 11.9 Å². The van der Waals surface area contributed by atoms with Crippen LogP contribution in [-0.4, -0.2) is 39.7 Å². The highest BCUT2D eigenvalue weighted by molar-refractivity contribution is 5.99. The van der Waals surface area contributed by atoms with E-state index in [0.717, 1.165) is 5.39 Å². The molecule has 1 aliphatic rings. The molecule has 4 aromatic rings. The first-order valence-corrected chi connectivity index (χ1v) is 10.7. The first-order chi connectivity index (χ1) is 16.1. The summed E-state index contributed by atoms with van der Waals surface area (Å²) in [6, 6.07) is 16.2. The molecule has 1 fully saturated rings. The van der Waals surface area contributed by atoms with Crippen LogP contribution in [0.5, 0.6) is 0 Å². The van der Waals surface area contributed by atoms with Crippen LogP contribution in [0.25, 0.3) is 11.0 Å². The number of hydrogen-bond donors (Lipinski definition) is 2. The number of carbonyl (C=O) groups is 2. The summed E-state index contributed by atoms with van der Waals surface area (Å²) in [5.41, 5.74) is 1.05. The van der Waals surface area contributed by atoms with Crippen LogP contribution < -0.4 is 10.6 Å². The predicted octanol–water partition coefficient (Wildman–Crippen LogP) is 4.89. The van der Waals surface area contributed by atoms with Gasteiger partial charge in [0.1, 0.15) is 17.2 Å². The van der Waals surface area contributed by atoms with Gasteiger partial charge in [-0.05, 0) is 43.2 Å². The van der Waals surface area contributed by atoms with E-state index in [1.165, 1.54) is 18.2 Å². The van der Waals surface area contributed by atoms with Crippen molar-refractivity contribution in [3.05, 3.63) is 78.4 Å². The molecular formula is C24H22FN5O3. The molecule has 0 saturated carbocycles. The first kappa shape index (κ1) is 20.7. The van der Waals surface area contributed by atoms with Crippen molar-refractivity contribution in [3.8, 4) is 0 Å². The number of piperidine rings is 1. The van der Waals surface area contributed by atoms with Crippen LogP contribution in [0.2, 0.25) is 0 Å². The molecule has 0 radical (unpaired) electrons. The lowest BCUT2D eigenvalue weighted by molar-refractivity contribution is 0.0661. The van der Waals surface area contributed by atoms with Crippen LogP contribution in [0.15, 0.2) is 71.3 Å². The molecule has 0 unspecified atom stereocenters. The van der Waals surface area contributed by atoms with Crippen LogP contribution >= 0.6 is 0 Å². The van der Waals surface area contributed by atoms with Gasteiger partial charge in [0.2, 0.25) is 0 Å². The summed E-state index contributed by atoms with van der Waals surface area (Å²) in [6.07, 6.45) is 2.99. The third kappa shape index (κ3) is 4.43. The predicted molar refractivity (Wildman–Crippen MR) is 122 cm³/mol. The van der Waals surface area contributed by atoms with Gasteiger partial charge >= 0.3 is 6.03 Å². The lowest BCUT2D eigenvalue weighted by atomic mass is 10.0. The minimum Gasteiger partial charge on any atom is -0.451 e. The Labute approximate surface area is 189 Å². The molecule has 2 N–H and O–H groups in total. The minimum absolute atomic E-state index is 0.0317. The molecule has 3 amide bonds. The maximum Gasteiger partial charge on any atom is 0.324 e. The minimum atomic E-state index is -0.486. The van der Waals surface area contributed by atoms with Gasteiger partial charge in [0.15, 0.2) is 5.76 Å². The molecule has 0 atom stereocenters. The zero-order chi connectivity index (χ0) is 22.8. The van der Waals surface area contributed by atoms with Gasteiger partial charge in [-0.1, -0.05) is 24.3 Å². The van der Waals surface area contributed by atoms with Crippen molar-refractivity contribution in [1.82, 2.24) is 14.7 Å². The summed E-state index contributed by atoms with van der Waals surface area (Å²) < 4.78 is 20.8. The van der Waals surface area contributed by atoms with Crippen molar-refractivity contribution in [2.45, 2.75) is 18.9 Å². The fourth-order valence-corrected chi connectivity index (χ4v) is 4.11. The third-order valence-electron chi connectivity index (χ3n) is 5.73. The number of halogens is 1. The number of urea groups is 1. The number of nitrogens with zero attached hydrogens (tertiary/aromatic N) is 3. The molecule has 1 saturated heterocycles. The van der Waals surface area contributed by atoms with Gasteiger partial charge in [-0.3, -0.25) is 10.1 Å². The number of hydrogen-bond acceptors (Lipinski definition) is 4. The van der Waals surface area contributed by atoms with E-state index in [0.29, 0.717) is 48.8 Å². The van der Waals surface area contributed by atoms with Crippen molar-refractivity contribution in [2.24, 2.45) is 0 Å². The van der Waals surface area contributed by atoms with Crippen LogP contribution in [0, 0.1) is 5.82 Å². The van der Waals surface area contributed by atoms with Gasteiger partial charge in [-0.2, -0.15) is 5.10 Å². The van der Waals surface area contributed by atoms with Gasteiger partial charge in [0.25, 0.3) is 5.91 Å². The van der Waals surface area contributed by atoms with Crippen LogP contribution in [-0.2, 0) is 0 Å². The number of likely N-dealkylation sites (tertiary alicyclic amines) is 1. The molecule has 2 aromatic carbocycles. The fourth-order valence-electron chi connectivity index (χ4n) is 4.11. The number of para-hydroxylation sites is 1. The lowest BCUT2D eigenvalue weighted by Crippen LogP contribution is -2.39. The molecule has 9 heteroatoms. The molecule has 168 valence electrons. The Morgan fingerprint density at radius 1 is 1.00 bits per heavy atom. The van der Waals surface area contributed by atoms with Crippen molar-refractivity contribution < 1.29 is 18.4 Å². The number of anilines is 2. The number of aromatic nitrogens is 2. The Morgan fingerprint density at radius 3 is 2.61 bits per heavy atom. The molecule has 5 rings (SSSR count). The summed E-state index contributed by atoms with van der Waals surface area (Å²) in [5.74, 6) is 0.316. The number of nitrogens with one attached hydrogen (secondary N) is 2. The highest BCUT2D eigenvalue weighted by Gasteiger charge is 2.28. The van der Waals surface area contributed by atoms with Gasteiger partial charge in [0, 0.05) is 30.2 Å². The molecule has 3 heterocycles. The van der Waals surface area contributed by atoms with E-state index in [1.807, 2.05) is 24.3 Å². The zero-order valence-corrected chi connectivity index (χ0v) is 17.7. The summed E-state index contributed by atoms with van der Waals surface area (Å²) in [7, 11) is 0. The Bertz CT molecular complexity index is 1270. The monoisotopic (exact) mass is 447 g/mol. The topological polar surface area (TPSA) is 92.4 Å². The standard InChI is InChI=1S/C24H22FN5O3/c25-17-5-3-6-18(15-17)27-24(32)28-22-8-11-26-30(22)19-9-12-29(13-10-19)23(31)21-14-16-4-1-2-7-20(16)33-21/h1-8,11,14-15,19H,9-10,12-13H2,(H2,27,28,32). The quantitative estimate of drug-likeness (QED) is 0.466. The Hall–Kier alpha value is -4.14. The molecule has 2 aromatic heterocycles. The van der Waals surface area contributed by atoms with Crippen LogP contribution in [0.3, 0.4) is 0 Å². The fraction of sp³-hybridized carbons (Fsp3) is 0.208. The molecule has 1 aliphatic heterocycles. The highest BCUT2D eigenvalue weighted by atomic mass is 19.1. The van der Waals surface area contributed by atoms with E-state index in [9.17, 15) is 14.0 Å². The molecule has 8 nitrogen and oxygen atoms in total. The van der Waals surface area contributed by atoms with Gasteiger partial charge in [0.05, 0.1) is 12.2 Å². The maximum atomic E-state index is 13.3. The smallest absolute Gasteiger partial charge is 0.324 e. The second-order valence-corrected chi connectivity index (χ2v) is 7.92. The summed E-state index contributed by atoms with van der Waals surface area (Å²) in [5, 5.41) is 10.6. The normalized spacial score (nSPS) is 14.4. The largest absolute Gasteiger partial charge is 0.451 e. The number of carbonyl (C=O) groups excluding carboxylic acids is 2. The molecular weight excluding hydrogens is 425 g/mol. The second kappa shape index (κ2) is 8.78. The average Bonchev–Trinajstić information content (AvgIpc) is 3.45. The first-order valence-electron chi connectivity index (χ1n) is 10.7. The van der Waals surface area contributed by atoms with Crippen molar-refractivity contribution in [2.75, 3.05) is 23.7 Å². The Kier molecular flexibility index (Phi) is 5.52. The molecule has 0 spiro atoms. The van der Waals surface area contributed by atoms with E-state index >= 15 is 0 Å². The van der Waals surface area contributed by atoms with Crippen LogP contribution in [0.1, 0.15) is 29.4 Å². The van der Waals surface area contributed by atoms with Crippen molar-refractivity contribution in [3.63, 3.8) is 0 Å². The number of fused-ring (bicyclic) bond motifs is 1. The third-order valence-corrected chi connectivity index (χ3v) is 5.73. The number of benzene rings is 2. The number of furan rings is 1. The zero-order valence-electron chi connectivity index (χ0n) is 17.7. The number of amides is 3. The van der Waals surface area contributed by atoms with E-state index in [1.54, 1.807) is 34.0 Å². The highest BCUT2D eigenvalue weighted by Crippen LogP contribution is 2.27. The van der Waals surface area contributed by atoms with Crippen molar-refractivity contribution in [1.29, 1.82) is 0 Å². The van der Waals surface area contributed by atoms with Crippen molar-refractivity contribution >= 4 is 34.4 Å². The SMILES string of the molecule is O=C(Nc1cccc(F)c1)Nc1ccnn1C1CCN(C(=O)c2cc3ccccc3o2)CC1. The summed E-state index contributed by atoms with van der Waals surface area (Å²) >= 11 is 0. The van der Waals surface area contributed by atoms with Gasteiger partial charge in [-0.15, -0.1) is 0 Å². The molecule has 0 aliphatic carbocycles. The Balaban J connectivity index is 1.20. The molecule has 33 heavy (non-hydrogen) atoms. The van der Waals surface area contributed by atoms with E-state index in [4.69, 9.17) is 4.42 Å². The lowest BCUT2D eigenvalue weighted by Gasteiger charge is -2.32. The maximum absolute atomic E-state index is 13.3. The average molecular weight is 447 g/mol. The second-order valence-electron chi connectivity index (χ2n) is 7.92. The summed E-state index contributed by atoms with van der Waals surface area (Å²) in [6.45, 7) is 1.10. The Morgan fingerprint density at radius 2 is 1.82 bits per heavy atom.